The van der Waals surface area contributed by atoms with Gasteiger partial charge in [-0.15, -0.1) is 0 Å². The smallest absolute Gasteiger partial charge is 0.338 e. The maximum Gasteiger partial charge on any atom is 0.338 e. The molecule has 0 aliphatic carbocycles. The average Bonchev–Trinajstić information content (AvgIpc) is 2.72. The normalized spacial score (nSPS) is 19.5. The van der Waals surface area contributed by atoms with Crippen LogP contribution in [0.2, 0.25) is 0 Å². The minimum atomic E-state index is -1.13. The van der Waals surface area contributed by atoms with Gasteiger partial charge in [-0.05, 0) is 11.1 Å². The van der Waals surface area contributed by atoms with E-state index >= 15 is 0 Å². The lowest BCUT2D eigenvalue weighted by molar-refractivity contribution is -0.201. The van der Waals surface area contributed by atoms with Crippen molar-refractivity contribution in [3.63, 3.8) is 0 Å². The fraction of sp³-hybridized carbons (Fsp3) is 0.300. The molecule has 6 nitrogen and oxygen atoms in total. The van der Waals surface area contributed by atoms with Crippen molar-refractivity contribution in [2.75, 3.05) is 13.2 Å². The molecule has 0 amide bonds. The maximum atomic E-state index is 12.3. The third-order valence-corrected chi connectivity index (χ3v) is 3.87. The van der Waals surface area contributed by atoms with Crippen LogP contribution < -0.4 is 0 Å². The highest BCUT2D eigenvalue weighted by molar-refractivity contribution is 5.85. The molecule has 2 aromatic rings. The summed E-state index contributed by atoms with van der Waals surface area (Å²) in [5.41, 5.74) is 1.70. The molecule has 26 heavy (non-hydrogen) atoms. The fourth-order valence-corrected chi connectivity index (χ4v) is 2.53. The summed E-state index contributed by atoms with van der Waals surface area (Å²) in [6.07, 6.45) is -2.26. The lowest BCUT2D eigenvalue weighted by Gasteiger charge is -2.28. The first kappa shape index (κ1) is 18.1. The van der Waals surface area contributed by atoms with E-state index in [2.05, 4.69) is 0 Å². The lowest BCUT2D eigenvalue weighted by Crippen LogP contribution is -2.49. The van der Waals surface area contributed by atoms with E-state index < -0.39 is 24.1 Å². The van der Waals surface area contributed by atoms with E-state index in [1.165, 1.54) is 0 Å². The van der Waals surface area contributed by atoms with Crippen LogP contribution >= 0.6 is 0 Å². The van der Waals surface area contributed by atoms with Crippen molar-refractivity contribution >= 4 is 11.9 Å². The molecule has 0 saturated carbocycles. The summed E-state index contributed by atoms with van der Waals surface area (Å²) < 4.78 is 21.3. The first-order valence-electron chi connectivity index (χ1n) is 8.38. The van der Waals surface area contributed by atoms with Gasteiger partial charge in [0.2, 0.25) is 0 Å². The molecular weight excluding hydrogens is 336 g/mol. The number of hydrogen-bond acceptors (Lipinski definition) is 6. The van der Waals surface area contributed by atoms with Crippen molar-refractivity contribution in [1.82, 2.24) is 0 Å². The van der Waals surface area contributed by atoms with Crippen LogP contribution in [0.3, 0.4) is 0 Å². The largest absolute Gasteiger partial charge is 0.459 e. The Morgan fingerprint density at radius 1 is 0.731 bits per heavy atom. The van der Waals surface area contributed by atoms with E-state index in [9.17, 15) is 9.59 Å². The highest BCUT2D eigenvalue weighted by Crippen LogP contribution is 2.16. The van der Waals surface area contributed by atoms with E-state index in [0.29, 0.717) is 0 Å². The van der Waals surface area contributed by atoms with Crippen LogP contribution in [0.1, 0.15) is 11.1 Å². The van der Waals surface area contributed by atoms with Gasteiger partial charge in [0, 0.05) is 0 Å². The second-order valence-corrected chi connectivity index (χ2v) is 5.77. The monoisotopic (exact) mass is 356 g/mol. The van der Waals surface area contributed by atoms with Crippen molar-refractivity contribution < 1.29 is 28.5 Å². The second-order valence-electron chi connectivity index (χ2n) is 5.77. The summed E-state index contributed by atoms with van der Waals surface area (Å²) in [6.45, 7) is 0.637. The number of rotatable bonds is 6. The van der Waals surface area contributed by atoms with Gasteiger partial charge >= 0.3 is 11.9 Å². The minimum Gasteiger partial charge on any atom is -0.459 e. The Morgan fingerprint density at radius 2 is 1.12 bits per heavy atom. The SMILES string of the molecule is O=C(OCc1ccccc1)C1OCCOC1C(=O)OCc1ccccc1. The van der Waals surface area contributed by atoms with Gasteiger partial charge in [-0.3, -0.25) is 0 Å². The first-order valence-corrected chi connectivity index (χ1v) is 8.38. The molecule has 0 spiro atoms. The molecule has 3 rings (SSSR count). The number of ether oxygens (including phenoxy) is 4. The Hall–Kier alpha value is -2.70. The lowest BCUT2D eigenvalue weighted by atomic mass is 10.2. The Balaban J connectivity index is 1.56. The van der Waals surface area contributed by atoms with Crippen LogP contribution in [0.4, 0.5) is 0 Å². The van der Waals surface area contributed by atoms with Crippen molar-refractivity contribution in [2.45, 2.75) is 25.4 Å². The third-order valence-electron chi connectivity index (χ3n) is 3.87. The van der Waals surface area contributed by atoms with Crippen molar-refractivity contribution in [2.24, 2.45) is 0 Å². The average molecular weight is 356 g/mol. The zero-order chi connectivity index (χ0) is 18.2. The molecule has 2 unspecified atom stereocenters. The number of carbonyl (C=O) groups excluding carboxylic acids is 2. The Kier molecular flexibility index (Phi) is 6.35. The number of benzene rings is 2. The van der Waals surface area contributed by atoms with Gasteiger partial charge in [-0.1, -0.05) is 60.7 Å². The molecule has 0 radical (unpaired) electrons. The molecule has 1 fully saturated rings. The van der Waals surface area contributed by atoms with Crippen LogP contribution in [0, 0.1) is 0 Å². The number of hydrogen-bond donors (Lipinski definition) is 0. The third kappa shape index (κ3) is 4.91. The molecule has 2 atom stereocenters. The Bertz CT molecular complexity index is 652. The molecule has 0 aromatic heterocycles. The molecule has 2 aromatic carbocycles. The zero-order valence-corrected chi connectivity index (χ0v) is 14.2. The number of esters is 2. The molecule has 1 aliphatic heterocycles. The van der Waals surface area contributed by atoms with Gasteiger partial charge in [-0.2, -0.15) is 0 Å². The van der Waals surface area contributed by atoms with Gasteiger partial charge in [0.15, 0.2) is 12.2 Å². The van der Waals surface area contributed by atoms with Gasteiger partial charge in [0.05, 0.1) is 13.2 Å². The van der Waals surface area contributed by atoms with Crippen LogP contribution in [0.15, 0.2) is 60.7 Å². The molecule has 136 valence electrons. The van der Waals surface area contributed by atoms with Crippen molar-refractivity contribution in [3.05, 3.63) is 71.8 Å². The van der Waals surface area contributed by atoms with Gasteiger partial charge < -0.3 is 18.9 Å². The second kappa shape index (κ2) is 9.12. The first-order chi connectivity index (χ1) is 12.7. The van der Waals surface area contributed by atoms with E-state index in [1.54, 1.807) is 0 Å². The summed E-state index contributed by atoms with van der Waals surface area (Å²) in [5.74, 6) is -1.29. The van der Waals surface area contributed by atoms with Gasteiger partial charge in [0.25, 0.3) is 0 Å². The quantitative estimate of drug-likeness (QED) is 0.740. The van der Waals surface area contributed by atoms with Crippen LogP contribution in [0.25, 0.3) is 0 Å². The Labute approximate surface area is 151 Å². The van der Waals surface area contributed by atoms with E-state index in [4.69, 9.17) is 18.9 Å². The molecular formula is C20H20O6. The highest BCUT2D eigenvalue weighted by atomic mass is 16.6. The maximum absolute atomic E-state index is 12.3. The molecule has 0 bridgehead atoms. The fourth-order valence-electron chi connectivity index (χ4n) is 2.53. The van der Waals surface area contributed by atoms with Crippen molar-refractivity contribution in [3.8, 4) is 0 Å². The molecule has 0 N–H and O–H groups in total. The summed E-state index contributed by atoms with van der Waals surface area (Å²) in [5, 5.41) is 0. The predicted octanol–water partition coefficient (Wildman–Crippen LogP) is 2.26. The highest BCUT2D eigenvalue weighted by Gasteiger charge is 2.40. The summed E-state index contributed by atoms with van der Waals surface area (Å²) in [7, 11) is 0. The standard InChI is InChI=1S/C20H20O6/c21-19(25-13-15-7-3-1-4-8-15)17-18(24-12-11-23-17)20(22)26-14-16-9-5-2-6-10-16/h1-10,17-18H,11-14H2. The predicted molar refractivity (Wildman–Crippen MR) is 92.0 cm³/mol. The Morgan fingerprint density at radius 3 is 1.50 bits per heavy atom. The zero-order valence-electron chi connectivity index (χ0n) is 14.2. The van der Waals surface area contributed by atoms with Gasteiger partial charge in [0.1, 0.15) is 13.2 Å². The number of carbonyl (C=O) groups is 2. The molecule has 6 heteroatoms. The van der Waals surface area contributed by atoms with Crippen molar-refractivity contribution in [1.29, 1.82) is 0 Å². The van der Waals surface area contributed by atoms with E-state index in [-0.39, 0.29) is 26.4 Å². The van der Waals surface area contributed by atoms with Crippen LogP contribution in [-0.2, 0) is 41.8 Å². The molecule has 1 heterocycles. The summed E-state index contributed by atoms with van der Waals surface area (Å²) in [6, 6.07) is 18.5. The molecule has 1 saturated heterocycles. The van der Waals surface area contributed by atoms with Gasteiger partial charge in [-0.25, -0.2) is 9.59 Å². The van der Waals surface area contributed by atoms with E-state index in [1.807, 2.05) is 60.7 Å². The summed E-state index contributed by atoms with van der Waals surface area (Å²) >= 11 is 0. The topological polar surface area (TPSA) is 71.1 Å². The van der Waals surface area contributed by atoms with Crippen LogP contribution in [0.5, 0.6) is 0 Å². The molecule has 1 aliphatic rings. The summed E-state index contributed by atoms with van der Waals surface area (Å²) in [4.78, 5) is 24.7. The minimum absolute atomic E-state index is 0.102. The van der Waals surface area contributed by atoms with E-state index in [0.717, 1.165) is 11.1 Å². The van der Waals surface area contributed by atoms with Crippen LogP contribution in [-0.4, -0.2) is 37.4 Å².